The average molecular weight is 428 g/mol. The molecule has 0 unspecified atom stereocenters. The van der Waals surface area contributed by atoms with Crippen molar-refractivity contribution in [1.29, 1.82) is 0 Å². The Morgan fingerprint density at radius 1 is 1.27 bits per heavy atom. The van der Waals surface area contributed by atoms with E-state index in [1.54, 1.807) is 29.7 Å². The number of aryl methyl sites for hydroxylation is 2. The predicted octanol–water partition coefficient (Wildman–Crippen LogP) is 2.35. The van der Waals surface area contributed by atoms with Crippen LogP contribution in [0.15, 0.2) is 23.1 Å². The molecule has 1 fully saturated rings. The minimum atomic E-state index is -0.0781. The summed E-state index contributed by atoms with van der Waals surface area (Å²) >= 11 is 1.56. The fourth-order valence-electron chi connectivity index (χ4n) is 3.67. The Bertz CT molecular complexity index is 1130. The predicted molar refractivity (Wildman–Crippen MR) is 116 cm³/mol. The van der Waals surface area contributed by atoms with Gasteiger partial charge in [-0.25, -0.2) is 9.97 Å². The Hall–Kier alpha value is -2.78. The number of rotatable bonds is 5. The Balaban J connectivity index is 1.42. The van der Waals surface area contributed by atoms with Crippen LogP contribution in [0.3, 0.4) is 0 Å². The highest BCUT2D eigenvalue weighted by Crippen LogP contribution is 2.26. The van der Waals surface area contributed by atoms with Gasteiger partial charge in [-0.15, -0.1) is 11.3 Å². The molecule has 4 rings (SSSR count). The van der Waals surface area contributed by atoms with Gasteiger partial charge in [-0.3, -0.25) is 14.5 Å². The van der Waals surface area contributed by atoms with Crippen LogP contribution in [0.25, 0.3) is 10.2 Å². The lowest BCUT2D eigenvalue weighted by molar-refractivity contribution is 0.0620. The van der Waals surface area contributed by atoms with Gasteiger partial charge in [0.15, 0.2) is 0 Å². The van der Waals surface area contributed by atoms with Gasteiger partial charge >= 0.3 is 0 Å². The summed E-state index contributed by atoms with van der Waals surface area (Å²) in [5.41, 5.74) is 1.42. The molecule has 0 aromatic carbocycles. The lowest BCUT2D eigenvalue weighted by Gasteiger charge is -2.34. The van der Waals surface area contributed by atoms with Crippen LogP contribution in [0.2, 0.25) is 0 Å². The molecule has 0 bridgehead atoms. The number of aromatic nitrogens is 3. The van der Waals surface area contributed by atoms with Crippen LogP contribution in [0.5, 0.6) is 5.88 Å². The van der Waals surface area contributed by atoms with Gasteiger partial charge < -0.3 is 14.6 Å². The number of nitrogens with zero attached hydrogens (tertiary/aromatic N) is 4. The van der Waals surface area contributed by atoms with Crippen LogP contribution in [0, 0.1) is 13.8 Å². The van der Waals surface area contributed by atoms with Crippen molar-refractivity contribution in [3.05, 3.63) is 50.5 Å². The van der Waals surface area contributed by atoms with Crippen molar-refractivity contribution in [2.45, 2.75) is 27.3 Å². The van der Waals surface area contributed by atoms with Crippen molar-refractivity contribution in [3.63, 3.8) is 0 Å². The first-order valence-electron chi connectivity index (χ1n) is 10.1. The summed E-state index contributed by atoms with van der Waals surface area (Å²) in [7, 11) is 0. The molecule has 9 heteroatoms. The quantitative estimate of drug-likeness (QED) is 0.672. The van der Waals surface area contributed by atoms with Crippen molar-refractivity contribution in [2.24, 2.45) is 0 Å². The first-order valence-corrected chi connectivity index (χ1v) is 10.9. The number of pyridine rings is 1. The summed E-state index contributed by atoms with van der Waals surface area (Å²) in [4.78, 5) is 43.1. The van der Waals surface area contributed by atoms with E-state index in [0.29, 0.717) is 62.0 Å². The van der Waals surface area contributed by atoms with E-state index in [1.807, 2.05) is 25.7 Å². The van der Waals surface area contributed by atoms with Gasteiger partial charge in [0.1, 0.15) is 16.2 Å². The Labute approximate surface area is 178 Å². The van der Waals surface area contributed by atoms with E-state index in [9.17, 15) is 9.59 Å². The molecular weight excluding hydrogens is 402 g/mol. The number of aromatic amines is 1. The van der Waals surface area contributed by atoms with E-state index in [2.05, 4.69) is 19.9 Å². The van der Waals surface area contributed by atoms with Gasteiger partial charge in [0.25, 0.3) is 11.5 Å². The summed E-state index contributed by atoms with van der Waals surface area (Å²) in [6.45, 7) is 9.48. The highest BCUT2D eigenvalue weighted by atomic mass is 32.1. The van der Waals surface area contributed by atoms with Crippen molar-refractivity contribution in [1.82, 2.24) is 24.8 Å². The van der Waals surface area contributed by atoms with Crippen molar-refractivity contribution >= 4 is 27.5 Å². The third kappa shape index (κ3) is 3.95. The maximum Gasteiger partial charge on any atom is 0.259 e. The molecule has 1 aliphatic rings. The summed E-state index contributed by atoms with van der Waals surface area (Å²) < 4.78 is 5.50. The molecule has 1 aliphatic heterocycles. The number of thiophene rings is 1. The first-order chi connectivity index (χ1) is 14.5. The molecule has 30 heavy (non-hydrogen) atoms. The molecule has 0 saturated carbocycles. The third-order valence-electron chi connectivity index (χ3n) is 5.40. The zero-order valence-electron chi connectivity index (χ0n) is 17.4. The van der Waals surface area contributed by atoms with Gasteiger partial charge in [-0.2, -0.15) is 0 Å². The minimum Gasteiger partial charge on any atom is -0.477 e. The van der Waals surface area contributed by atoms with E-state index in [0.717, 1.165) is 15.3 Å². The van der Waals surface area contributed by atoms with Gasteiger partial charge in [0, 0.05) is 37.3 Å². The topological polar surface area (TPSA) is 91.4 Å². The van der Waals surface area contributed by atoms with Crippen LogP contribution in [-0.2, 0) is 6.54 Å². The molecule has 3 aromatic rings. The van der Waals surface area contributed by atoms with E-state index >= 15 is 0 Å². The lowest BCUT2D eigenvalue weighted by atomic mass is 10.2. The maximum atomic E-state index is 12.9. The molecule has 0 spiro atoms. The van der Waals surface area contributed by atoms with E-state index in [4.69, 9.17) is 4.74 Å². The molecule has 8 nitrogen and oxygen atoms in total. The second-order valence-electron chi connectivity index (χ2n) is 7.33. The van der Waals surface area contributed by atoms with E-state index in [1.165, 1.54) is 0 Å². The molecule has 0 radical (unpaired) electrons. The number of carbonyl (C=O) groups excluding carboxylic acids is 1. The van der Waals surface area contributed by atoms with Gasteiger partial charge in [0.2, 0.25) is 5.88 Å². The normalized spacial score (nSPS) is 15.0. The van der Waals surface area contributed by atoms with Crippen LogP contribution < -0.4 is 10.3 Å². The standard InChI is InChI=1S/C21H25N5O3S/c1-4-29-19-15(6-5-7-22-19)21(28)26-10-8-25(9-11-26)12-16-23-18(27)17-13(2)14(3)30-20(17)24-16/h5-7H,4,8-12H2,1-3H3,(H,23,24,27). The zero-order chi connectivity index (χ0) is 21.3. The molecule has 1 amide bonds. The third-order valence-corrected chi connectivity index (χ3v) is 6.50. The molecule has 3 aromatic heterocycles. The summed E-state index contributed by atoms with van der Waals surface area (Å²) in [6.07, 6.45) is 1.63. The van der Waals surface area contributed by atoms with Crippen LogP contribution in [0.1, 0.15) is 33.5 Å². The fraction of sp³-hybridized carbons (Fsp3) is 0.429. The molecule has 1 saturated heterocycles. The Morgan fingerprint density at radius 3 is 2.77 bits per heavy atom. The van der Waals surface area contributed by atoms with E-state index < -0.39 is 0 Å². The zero-order valence-corrected chi connectivity index (χ0v) is 18.2. The fourth-order valence-corrected chi connectivity index (χ4v) is 4.72. The van der Waals surface area contributed by atoms with Crippen molar-refractivity contribution < 1.29 is 9.53 Å². The van der Waals surface area contributed by atoms with Crippen LogP contribution in [-0.4, -0.2) is 63.4 Å². The van der Waals surface area contributed by atoms with Crippen molar-refractivity contribution in [2.75, 3.05) is 32.8 Å². The number of amides is 1. The number of hydrogen-bond donors (Lipinski definition) is 1. The number of nitrogens with one attached hydrogen (secondary N) is 1. The van der Waals surface area contributed by atoms with Gasteiger partial charge in [0.05, 0.1) is 18.5 Å². The number of hydrogen-bond acceptors (Lipinski definition) is 7. The number of fused-ring (bicyclic) bond motifs is 1. The van der Waals surface area contributed by atoms with Gasteiger partial charge in [-0.1, -0.05) is 0 Å². The number of H-pyrrole nitrogens is 1. The second kappa shape index (κ2) is 8.53. The highest BCUT2D eigenvalue weighted by Gasteiger charge is 2.25. The number of piperazine rings is 1. The second-order valence-corrected chi connectivity index (χ2v) is 8.54. The maximum absolute atomic E-state index is 12.9. The van der Waals surface area contributed by atoms with Gasteiger partial charge in [-0.05, 0) is 38.5 Å². The van der Waals surface area contributed by atoms with E-state index in [-0.39, 0.29) is 11.5 Å². The van der Waals surface area contributed by atoms with Crippen molar-refractivity contribution in [3.8, 4) is 5.88 Å². The first kappa shape index (κ1) is 20.5. The minimum absolute atomic E-state index is 0.0660. The molecular formula is C21H25N5O3S. The molecule has 1 N–H and O–H groups in total. The van der Waals surface area contributed by atoms with Crippen LogP contribution in [0.4, 0.5) is 0 Å². The summed E-state index contributed by atoms with van der Waals surface area (Å²) in [6, 6.07) is 3.50. The smallest absolute Gasteiger partial charge is 0.259 e. The van der Waals surface area contributed by atoms with Crippen LogP contribution >= 0.6 is 11.3 Å². The molecule has 0 atom stereocenters. The number of carbonyl (C=O) groups is 1. The summed E-state index contributed by atoms with van der Waals surface area (Å²) in [5, 5.41) is 0.693. The number of ether oxygens (including phenoxy) is 1. The summed E-state index contributed by atoms with van der Waals surface area (Å²) in [5.74, 6) is 0.979. The largest absolute Gasteiger partial charge is 0.477 e. The molecule has 4 heterocycles. The molecule has 158 valence electrons. The average Bonchev–Trinajstić information content (AvgIpc) is 3.02. The monoisotopic (exact) mass is 427 g/mol. The highest BCUT2D eigenvalue weighted by molar-refractivity contribution is 7.18. The SMILES string of the molecule is CCOc1ncccc1C(=O)N1CCN(Cc2nc3sc(C)c(C)c3c(=O)[nH]2)CC1. The Morgan fingerprint density at radius 2 is 2.03 bits per heavy atom. The lowest BCUT2D eigenvalue weighted by Crippen LogP contribution is -2.48. The molecule has 0 aliphatic carbocycles. The Kier molecular flexibility index (Phi) is 5.83.